The van der Waals surface area contributed by atoms with Crippen molar-refractivity contribution in [2.45, 2.75) is 31.4 Å². The fraction of sp³-hybridized carbons (Fsp3) is 0.368. The molecular weight excluding hydrogens is 446 g/mol. The first kappa shape index (κ1) is 21.9. The topological polar surface area (TPSA) is 143 Å². The molecule has 5 N–H and O–H groups in total. The van der Waals surface area contributed by atoms with Crippen molar-refractivity contribution in [2.75, 3.05) is 29.1 Å². The Morgan fingerprint density at radius 3 is 2.72 bits per heavy atom. The van der Waals surface area contributed by atoms with Crippen LogP contribution in [0.4, 0.5) is 31.9 Å². The molecule has 1 aliphatic rings. The summed E-state index contributed by atoms with van der Waals surface area (Å²) < 4.78 is 28.2. The Bertz CT molecular complexity index is 1180. The van der Waals surface area contributed by atoms with Crippen LogP contribution in [0.3, 0.4) is 0 Å². The van der Waals surface area contributed by atoms with Crippen molar-refractivity contribution in [3.8, 4) is 6.07 Å². The zero-order valence-corrected chi connectivity index (χ0v) is 17.3. The second-order valence-corrected chi connectivity index (χ2v) is 7.64. The number of rotatable bonds is 9. The maximum Gasteiger partial charge on any atom is 0.264 e. The van der Waals surface area contributed by atoms with Crippen LogP contribution in [-0.2, 0) is 0 Å². The largest absolute Gasteiger partial charge is 0.394 e. The molecule has 2 heterocycles. The van der Waals surface area contributed by atoms with Gasteiger partial charge in [-0.1, -0.05) is 11.6 Å². The van der Waals surface area contributed by atoms with Crippen molar-refractivity contribution < 1.29 is 19.0 Å². The van der Waals surface area contributed by atoms with E-state index in [4.69, 9.17) is 16.7 Å². The quantitative estimate of drug-likeness (QED) is 0.323. The average molecular weight is 465 g/mol. The molecule has 13 heteroatoms. The van der Waals surface area contributed by atoms with E-state index in [9.17, 15) is 19.1 Å². The number of aromatic nitrogens is 4. The minimum Gasteiger partial charge on any atom is -0.394 e. The highest BCUT2D eigenvalue weighted by Gasteiger charge is 2.24. The molecule has 1 aromatic carbocycles. The standard InChI is InChI=1S/C19H19ClF2N8O2/c20-15-13(24-7-12(32)8-31)3-9(16(21)22)4-14(15)27-19-28-17(26-10-1-2-10)18-25-6-11(5-23)30(18)29-19/h3-4,6,10,12,16,24,31-32H,1-2,7-8H2,(H2,26,27,28,29). The summed E-state index contributed by atoms with van der Waals surface area (Å²) in [5.41, 5.74) is 0.456. The van der Waals surface area contributed by atoms with E-state index in [0.717, 1.165) is 18.9 Å². The van der Waals surface area contributed by atoms with Crippen LogP contribution in [-0.4, -0.2) is 55.1 Å². The number of nitrogens with one attached hydrogen (secondary N) is 3. The molecule has 168 valence electrons. The van der Waals surface area contributed by atoms with Crippen LogP contribution in [0.5, 0.6) is 0 Å². The van der Waals surface area contributed by atoms with Crippen molar-refractivity contribution >= 4 is 40.4 Å². The van der Waals surface area contributed by atoms with Gasteiger partial charge in [0.05, 0.1) is 35.3 Å². The third-order valence-corrected chi connectivity index (χ3v) is 5.13. The highest BCUT2D eigenvalue weighted by molar-refractivity contribution is 6.36. The van der Waals surface area contributed by atoms with Crippen molar-refractivity contribution in [1.82, 2.24) is 19.6 Å². The molecule has 10 nitrogen and oxygen atoms in total. The fourth-order valence-electron chi connectivity index (χ4n) is 2.93. The maximum absolute atomic E-state index is 13.5. The number of halogens is 3. The molecule has 1 saturated carbocycles. The molecule has 0 spiro atoms. The summed E-state index contributed by atoms with van der Waals surface area (Å²) in [6.45, 7) is -0.595. The normalized spacial score (nSPS) is 14.4. The Labute approximate surface area is 185 Å². The first-order valence-electron chi connectivity index (χ1n) is 9.73. The van der Waals surface area contributed by atoms with Gasteiger partial charge in [-0.3, -0.25) is 0 Å². The Morgan fingerprint density at radius 1 is 1.31 bits per heavy atom. The van der Waals surface area contributed by atoms with Crippen LogP contribution in [0.25, 0.3) is 5.65 Å². The number of hydrogen-bond acceptors (Lipinski definition) is 9. The molecule has 1 fully saturated rings. The monoisotopic (exact) mass is 464 g/mol. The lowest BCUT2D eigenvalue weighted by molar-refractivity contribution is 0.105. The van der Waals surface area contributed by atoms with Crippen LogP contribution in [0, 0.1) is 11.3 Å². The van der Waals surface area contributed by atoms with Gasteiger partial charge in [0.15, 0.2) is 17.2 Å². The second-order valence-electron chi connectivity index (χ2n) is 7.27. The number of anilines is 4. The van der Waals surface area contributed by atoms with Gasteiger partial charge in [0.25, 0.3) is 6.43 Å². The lowest BCUT2D eigenvalue weighted by Gasteiger charge is -2.17. The first-order valence-corrected chi connectivity index (χ1v) is 10.1. The molecule has 0 saturated heterocycles. The third kappa shape index (κ3) is 4.64. The Morgan fingerprint density at radius 2 is 2.06 bits per heavy atom. The molecule has 0 bridgehead atoms. The highest BCUT2D eigenvalue weighted by atomic mass is 35.5. The smallest absolute Gasteiger partial charge is 0.264 e. The van der Waals surface area contributed by atoms with Crippen molar-refractivity contribution in [2.24, 2.45) is 0 Å². The molecule has 1 unspecified atom stereocenters. The maximum atomic E-state index is 13.5. The van der Waals surface area contributed by atoms with Gasteiger partial charge in [-0.2, -0.15) is 14.8 Å². The van der Waals surface area contributed by atoms with Crippen LogP contribution < -0.4 is 16.0 Å². The zero-order chi connectivity index (χ0) is 22.8. The molecule has 1 aliphatic carbocycles. The van der Waals surface area contributed by atoms with Crippen molar-refractivity contribution in [3.63, 3.8) is 0 Å². The summed E-state index contributed by atoms with van der Waals surface area (Å²) in [6, 6.07) is 4.56. The Hall–Kier alpha value is -3.27. The molecule has 1 atom stereocenters. The Balaban J connectivity index is 1.72. The number of alkyl halides is 2. The van der Waals surface area contributed by atoms with Gasteiger partial charge in [-0.25, -0.2) is 13.8 Å². The second kappa shape index (κ2) is 9.07. The summed E-state index contributed by atoms with van der Waals surface area (Å²) in [4.78, 5) is 8.57. The van der Waals surface area contributed by atoms with E-state index in [2.05, 4.69) is 31.0 Å². The summed E-state index contributed by atoms with van der Waals surface area (Å²) in [5, 5.41) is 41.0. The van der Waals surface area contributed by atoms with Gasteiger partial charge >= 0.3 is 0 Å². The third-order valence-electron chi connectivity index (χ3n) is 4.73. The van der Waals surface area contributed by atoms with E-state index in [-0.39, 0.29) is 46.2 Å². The number of aliphatic hydroxyl groups is 2. The SMILES string of the molecule is N#Cc1cnc2c(NC3CC3)nc(Nc3cc(C(F)F)cc(NCC(O)CO)c3Cl)nn12. The van der Waals surface area contributed by atoms with E-state index >= 15 is 0 Å². The zero-order valence-electron chi connectivity index (χ0n) is 16.6. The predicted molar refractivity (Wildman–Crippen MR) is 113 cm³/mol. The summed E-state index contributed by atoms with van der Waals surface area (Å²) in [7, 11) is 0. The number of hydrogen-bond donors (Lipinski definition) is 5. The molecular formula is C19H19ClF2N8O2. The van der Waals surface area contributed by atoms with Gasteiger partial charge in [-0.05, 0) is 25.0 Å². The summed E-state index contributed by atoms with van der Waals surface area (Å²) >= 11 is 6.40. The van der Waals surface area contributed by atoms with Crippen LogP contribution >= 0.6 is 11.6 Å². The van der Waals surface area contributed by atoms with E-state index in [1.54, 1.807) is 0 Å². The van der Waals surface area contributed by atoms with Crippen molar-refractivity contribution in [3.05, 3.63) is 34.6 Å². The number of imidazole rings is 1. The molecule has 32 heavy (non-hydrogen) atoms. The summed E-state index contributed by atoms with van der Waals surface area (Å²) in [6.07, 6.45) is -0.565. The van der Waals surface area contributed by atoms with Crippen LogP contribution in [0.15, 0.2) is 18.3 Å². The number of aliphatic hydroxyl groups excluding tert-OH is 2. The minimum atomic E-state index is -2.79. The van der Waals surface area contributed by atoms with E-state index in [1.807, 2.05) is 6.07 Å². The fourth-order valence-corrected chi connectivity index (χ4v) is 3.16. The Kier molecular flexibility index (Phi) is 6.22. The molecule has 2 aromatic heterocycles. The molecule has 3 aromatic rings. The number of benzene rings is 1. The number of fused-ring (bicyclic) bond motifs is 1. The predicted octanol–water partition coefficient (Wildman–Crippen LogP) is 2.67. The molecule has 0 radical (unpaired) electrons. The highest BCUT2D eigenvalue weighted by Crippen LogP contribution is 2.37. The van der Waals surface area contributed by atoms with E-state index < -0.39 is 19.1 Å². The number of nitrogens with zero attached hydrogens (tertiary/aromatic N) is 5. The van der Waals surface area contributed by atoms with Crippen LogP contribution in [0.2, 0.25) is 5.02 Å². The van der Waals surface area contributed by atoms with Gasteiger partial charge < -0.3 is 26.2 Å². The van der Waals surface area contributed by atoms with Crippen molar-refractivity contribution in [1.29, 1.82) is 5.26 Å². The van der Waals surface area contributed by atoms with E-state index in [0.29, 0.717) is 11.5 Å². The molecule has 0 amide bonds. The molecule has 4 rings (SSSR count). The van der Waals surface area contributed by atoms with Gasteiger partial charge in [0, 0.05) is 18.2 Å². The van der Waals surface area contributed by atoms with E-state index in [1.165, 1.54) is 16.8 Å². The van der Waals surface area contributed by atoms with Crippen LogP contribution in [0.1, 0.15) is 30.5 Å². The average Bonchev–Trinajstić information content (AvgIpc) is 3.49. The lowest BCUT2D eigenvalue weighted by atomic mass is 10.1. The lowest BCUT2D eigenvalue weighted by Crippen LogP contribution is -2.23. The molecule has 0 aliphatic heterocycles. The summed E-state index contributed by atoms with van der Waals surface area (Å²) in [5.74, 6) is 0.418. The number of nitriles is 1. The van der Waals surface area contributed by atoms with Gasteiger partial charge in [0.2, 0.25) is 5.95 Å². The minimum absolute atomic E-state index is 0.0183. The van der Waals surface area contributed by atoms with Gasteiger partial charge in [-0.15, -0.1) is 5.10 Å². The first-order chi connectivity index (χ1) is 15.4. The van der Waals surface area contributed by atoms with Gasteiger partial charge in [0.1, 0.15) is 6.07 Å².